The largest absolute Gasteiger partial charge is 0.497 e. The van der Waals surface area contributed by atoms with Gasteiger partial charge in [0, 0.05) is 11.8 Å². The zero-order chi connectivity index (χ0) is 16.4. The van der Waals surface area contributed by atoms with Gasteiger partial charge in [0.2, 0.25) is 0 Å². The van der Waals surface area contributed by atoms with Gasteiger partial charge in [-0.25, -0.2) is 4.98 Å². The van der Waals surface area contributed by atoms with Crippen LogP contribution in [-0.4, -0.2) is 36.0 Å². The van der Waals surface area contributed by atoms with Crippen LogP contribution in [0, 0.1) is 0 Å². The number of carbonyl (C=O) groups is 2. The first-order chi connectivity index (χ1) is 11.1. The number of aromatic nitrogens is 1. The van der Waals surface area contributed by atoms with Crippen molar-refractivity contribution in [2.45, 2.75) is 6.42 Å². The summed E-state index contributed by atoms with van der Waals surface area (Å²) >= 11 is 0. The molecule has 0 saturated carbocycles. The Morgan fingerprint density at radius 2 is 2.00 bits per heavy atom. The molecule has 0 saturated heterocycles. The third-order valence-electron chi connectivity index (χ3n) is 3.55. The molecule has 1 aromatic carbocycles. The highest BCUT2D eigenvalue weighted by molar-refractivity contribution is 6.10. The van der Waals surface area contributed by atoms with Gasteiger partial charge in [0.15, 0.2) is 11.6 Å². The van der Waals surface area contributed by atoms with Crippen LogP contribution in [0.25, 0.3) is 0 Å². The number of imide groups is 1. The molecule has 0 fully saturated rings. The molecule has 1 aromatic heterocycles. The molecule has 7 nitrogen and oxygen atoms in total. The molecule has 1 N–H and O–H groups in total. The lowest BCUT2D eigenvalue weighted by Crippen LogP contribution is -2.46. The average Bonchev–Trinajstić information content (AvgIpc) is 2.58. The molecule has 0 bridgehead atoms. The monoisotopic (exact) mass is 313 g/mol. The maximum Gasteiger partial charge on any atom is 0.279 e. The van der Waals surface area contributed by atoms with Crippen LogP contribution in [0.3, 0.4) is 0 Å². The van der Waals surface area contributed by atoms with E-state index in [0.29, 0.717) is 28.4 Å². The second kappa shape index (κ2) is 5.96. The Hall–Kier alpha value is -3.09. The second-order valence-electron chi connectivity index (χ2n) is 4.90. The molecule has 2 aromatic rings. The number of pyridine rings is 1. The standard InChI is InChI=1S/C16H15N3O4/c1-22-11-6-5-10-8-14(20)19(16(21)12(10)9-11)18-15-13(23-2)4-3-7-17-15/h3-7,9H,8H2,1-2H3,(H,17,18). The van der Waals surface area contributed by atoms with Crippen LogP contribution in [-0.2, 0) is 11.2 Å². The molecule has 0 radical (unpaired) electrons. The number of nitrogens with zero attached hydrogens (tertiary/aromatic N) is 2. The highest BCUT2D eigenvalue weighted by atomic mass is 16.5. The molecule has 2 heterocycles. The molecule has 7 heteroatoms. The van der Waals surface area contributed by atoms with Crippen LogP contribution in [0.15, 0.2) is 36.5 Å². The van der Waals surface area contributed by atoms with E-state index in [1.807, 2.05) is 0 Å². The maximum absolute atomic E-state index is 12.6. The van der Waals surface area contributed by atoms with Crippen molar-refractivity contribution in [1.29, 1.82) is 0 Å². The average molecular weight is 313 g/mol. The van der Waals surface area contributed by atoms with Crippen LogP contribution in [0.5, 0.6) is 11.5 Å². The SMILES string of the molecule is COc1ccc2c(c1)C(=O)N(Nc1ncccc1OC)C(=O)C2. The Labute approximate surface area is 132 Å². The number of anilines is 1. The summed E-state index contributed by atoms with van der Waals surface area (Å²) in [6.45, 7) is 0. The van der Waals surface area contributed by atoms with Gasteiger partial charge in [-0.3, -0.25) is 15.0 Å². The summed E-state index contributed by atoms with van der Waals surface area (Å²) in [5.41, 5.74) is 3.83. The lowest BCUT2D eigenvalue weighted by molar-refractivity contribution is -0.127. The summed E-state index contributed by atoms with van der Waals surface area (Å²) < 4.78 is 10.3. The van der Waals surface area contributed by atoms with Gasteiger partial charge in [0.1, 0.15) is 5.75 Å². The fraction of sp³-hybridized carbons (Fsp3) is 0.188. The van der Waals surface area contributed by atoms with Crippen molar-refractivity contribution >= 4 is 17.6 Å². The highest BCUT2D eigenvalue weighted by Crippen LogP contribution is 2.27. The minimum atomic E-state index is -0.456. The number of methoxy groups -OCH3 is 2. The summed E-state index contributed by atoms with van der Waals surface area (Å²) in [5.74, 6) is 0.470. The van der Waals surface area contributed by atoms with E-state index in [-0.39, 0.29) is 12.3 Å². The van der Waals surface area contributed by atoms with E-state index in [0.717, 1.165) is 5.01 Å². The van der Waals surface area contributed by atoms with Gasteiger partial charge in [0.05, 0.1) is 20.6 Å². The van der Waals surface area contributed by atoms with Crippen molar-refractivity contribution in [2.24, 2.45) is 0 Å². The number of carbonyl (C=O) groups excluding carboxylic acids is 2. The Balaban J connectivity index is 1.94. The molecule has 0 atom stereocenters. The zero-order valence-electron chi connectivity index (χ0n) is 12.7. The Kier molecular flexibility index (Phi) is 3.84. The number of ether oxygens (including phenoxy) is 2. The number of rotatable bonds is 4. The van der Waals surface area contributed by atoms with Crippen molar-refractivity contribution in [3.63, 3.8) is 0 Å². The topological polar surface area (TPSA) is 80.8 Å². The number of hydrazine groups is 1. The summed E-state index contributed by atoms with van der Waals surface area (Å²) in [5, 5.41) is 0.951. The Morgan fingerprint density at radius 1 is 1.17 bits per heavy atom. The predicted octanol–water partition coefficient (Wildman–Crippen LogP) is 1.65. The summed E-state index contributed by atoms with van der Waals surface area (Å²) in [7, 11) is 3.01. The predicted molar refractivity (Wildman–Crippen MR) is 82.3 cm³/mol. The second-order valence-corrected chi connectivity index (χ2v) is 4.90. The first-order valence-electron chi connectivity index (χ1n) is 6.94. The number of nitrogens with one attached hydrogen (secondary N) is 1. The van der Waals surface area contributed by atoms with E-state index < -0.39 is 5.91 Å². The molecule has 0 spiro atoms. The smallest absolute Gasteiger partial charge is 0.279 e. The fourth-order valence-corrected chi connectivity index (χ4v) is 2.37. The first-order valence-corrected chi connectivity index (χ1v) is 6.94. The van der Waals surface area contributed by atoms with Crippen LogP contribution in [0.4, 0.5) is 5.82 Å². The summed E-state index contributed by atoms with van der Waals surface area (Å²) in [6, 6.07) is 8.45. The van der Waals surface area contributed by atoms with Crippen molar-refractivity contribution in [3.05, 3.63) is 47.7 Å². The molecule has 118 valence electrons. The molecule has 1 aliphatic heterocycles. The summed E-state index contributed by atoms with van der Waals surface area (Å²) in [4.78, 5) is 29.0. The molecule has 23 heavy (non-hydrogen) atoms. The zero-order valence-corrected chi connectivity index (χ0v) is 12.7. The van der Waals surface area contributed by atoms with E-state index >= 15 is 0 Å². The molecular formula is C16H15N3O4. The van der Waals surface area contributed by atoms with E-state index in [2.05, 4.69) is 10.4 Å². The number of hydrogen-bond donors (Lipinski definition) is 1. The van der Waals surface area contributed by atoms with Crippen LogP contribution >= 0.6 is 0 Å². The van der Waals surface area contributed by atoms with E-state index in [1.165, 1.54) is 14.2 Å². The van der Waals surface area contributed by atoms with Crippen LogP contribution < -0.4 is 14.9 Å². The normalized spacial score (nSPS) is 13.6. The van der Waals surface area contributed by atoms with Crippen molar-refractivity contribution in [2.75, 3.05) is 19.6 Å². The molecule has 1 aliphatic rings. The summed E-state index contributed by atoms with van der Waals surface area (Å²) in [6.07, 6.45) is 1.66. The molecule has 2 amide bonds. The molecule has 0 aliphatic carbocycles. The van der Waals surface area contributed by atoms with Gasteiger partial charge in [-0.2, -0.15) is 5.01 Å². The van der Waals surface area contributed by atoms with Gasteiger partial charge in [-0.1, -0.05) is 6.07 Å². The fourth-order valence-electron chi connectivity index (χ4n) is 2.37. The minimum Gasteiger partial charge on any atom is -0.497 e. The third-order valence-corrected chi connectivity index (χ3v) is 3.55. The maximum atomic E-state index is 12.6. The lowest BCUT2D eigenvalue weighted by atomic mass is 9.99. The number of hydrogen-bond acceptors (Lipinski definition) is 6. The van der Waals surface area contributed by atoms with Gasteiger partial charge in [-0.15, -0.1) is 0 Å². The Bertz CT molecular complexity index is 776. The van der Waals surface area contributed by atoms with Crippen LogP contribution in [0.1, 0.15) is 15.9 Å². The molecule has 3 rings (SSSR count). The highest BCUT2D eigenvalue weighted by Gasteiger charge is 2.32. The molecular weight excluding hydrogens is 298 g/mol. The Morgan fingerprint density at radius 3 is 2.74 bits per heavy atom. The van der Waals surface area contributed by atoms with Gasteiger partial charge < -0.3 is 9.47 Å². The van der Waals surface area contributed by atoms with Gasteiger partial charge in [-0.05, 0) is 29.8 Å². The number of benzene rings is 1. The van der Waals surface area contributed by atoms with Crippen molar-refractivity contribution in [1.82, 2.24) is 9.99 Å². The lowest BCUT2D eigenvalue weighted by Gasteiger charge is -2.27. The van der Waals surface area contributed by atoms with Gasteiger partial charge >= 0.3 is 0 Å². The van der Waals surface area contributed by atoms with E-state index in [1.54, 1.807) is 36.5 Å². The van der Waals surface area contributed by atoms with Crippen LogP contribution in [0.2, 0.25) is 0 Å². The molecule has 0 unspecified atom stereocenters. The minimum absolute atomic E-state index is 0.118. The first kappa shape index (κ1) is 14.8. The third kappa shape index (κ3) is 2.68. The number of amides is 2. The van der Waals surface area contributed by atoms with E-state index in [4.69, 9.17) is 9.47 Å². The quantitative estimate of drug-likeness (QED) is 0.865. The van der Waals surface area contributed by atoms with E-state index in [9.17, 15) is 9.59 Å². The van der Waals surface area contributed by atoms with Gasteiger partial charge in [0.25, 0.3) is 11.8 Å². The number of fused-ring (bicyclic) bond motifs is 1. The van der Waals surface area contributed by atoms with Crippen molar-refractivity contribution < 1.29 is 19.1 Å². The van der Waals surface area contributed by atoms with Crippen molar-refractivity contribution in [3.8, 4) is 11.5 Å².